The Hall–Kier alpha value is -2.49. The number of amides is 2. The lowest BCUT2D eigenvalue weighted by molar-refractivity contribution is -0.137. The van der Waals surface area contributed by atoms with Crippen molar-refractivity contribution in [1.29, 1.82) is 0 Å². The standard InChI is InChI=1S/C19H21F3N2O2/c20-19(21,22)16-10-4-6-14(12-16)7-5-11-23-17(25)13-24-18(26)15-8-2-1-3-9-15/h4,6,10,12,15H,1-3,8-9,11,13H2,(H,23,25)(H,24,26). The van der Waals surface area contributed by atoms with Crippen molar-refractivity contribution in [2.24, 2.45) is 5.92 Å². The Morgan fingerprint density at radius 3 is 2.54 bits per heavy atom. The monoisotopic (exact) mass is 366 g/mol. The van der Waals surface area contributed by atoms with Crippen molar-refractivity contribution in [2.75, 3.05) is 13.1 Å². The van der Waals surface area contributed by atoms with Crippen LogP contribution in [0.3, 0.4) is 0 Å². The number of hydrogen-bond donors (Lipinski definition) is 2. The minimum Gasteiger partial charge on any atom is -0.347 e. The molecule has 0 unspecified atom stereocenters. The summed E-state index contributed by atoms with van der Waals surface area (Å²) in [6, 6.07) is 4.68. The molecule has 1 aromatic rings. The molecule has 4 nitrogen and oxygen atoms in total. The number of hydrogen-bond acceptors (Lipinski definition) is 2. The third kappa shape index (κ3) is 6.43. The molecule has 7 heteroatoms. The van der Waals surface area contributed by atoms with Crippen LogP contribution < -0.4 is 10.6 Å². The zero-order valence-corrected chi connectivity index (χ0v) is 14.3. The van der Waals surface area contributed by atoms with Crippen molar-refractivity contribution < 1.29 is 22.8 Å². The van der Waals surface area contributed by atoms with Crippen molar-refractivity contribution in [3.63, 3.8) is 0 Å². The molecular formula is C19H21F3N2O2. The molecule has 0 saturated heterocycles. The second-order valence-corrected chi connectivity index (χ2v) is 6.21. The van der Waals surface area contributed by atoms with Gasteiger partial charge in [0, 0.05) is 11.5 Å². The van der Waals surface area contributed by atoms with E-state index in [1.165, 1.54) is 12.1 Å². The Bertz CT molecular complexity index is 699. The molecule has 1 saturated carbocycles. The number of alkyl halides is 3. The highest BCUT2D eigenvalue weighted by Crippen LogP contribution is 2.29. The lowest BCUT2D eigenvalue weighted by Crippen LogP contribution is -2.40. The second kappa shape index (κ2) is 9.27. The predicted octanol–water partition coefficient (Wildman–Crippen LogP) is 2.87. The average molecular weight is 366 g/mol. The van der Waals surface area contributed by atoms with Gasteiger partial charge in [0.2, 0.25) is 11.8 Å². The van der Waals surface area contributed by atoms with Gasteiger partial charge in [-0.1, -0.05) is 37.2 Å². The summed E-state index contributed by atoms with van der Waals surface area (Å²) in [7, 11) is 0. The van der Waals surface area contributed by atoms with Crippen LogP contribution in [0.5, 0.6) is 0 Å². The van der Waals surface area contributed by atoms with Gasteiger partial charge in [-0.15, -0.1) is 0 Å². The normalized spacial score (nSPS) is 14.9. The quantitative estimate of drug-likeness (QED) is 0.805. The second-order valence-electron chi connectivity index (χ2n) is 6.21. The number of nitrogens with one attached hydrogen (secondary N) is 2. The van der Waals surface area contributed by atoms with Gasteiger partial charge in [0.25, 0.3) is 0 Å². The summed E-state index contributed by atoms with van der Waals surface area (Å²) in [5.74, 6) is 4.68. The fourth-order valence-electron chi connectivity index (χ4n) is 2.80. The summed E-state index contributed by atoms with van der Waals surface area (Å²) in [6.45, 7) is -0.130. The largest absolute Gasteiger partial charge is 0.416 e. The van der Waals surface area contributed by atoms with E-state index in [1.807, 2.05) is 0 Å². The van der Waals surface area contributed by atoms with E-state index in [4.69, 9.17) is 0 Å². The van der Waals surface area contributed by atoms with Gasteiger partial charge in [-0.2, -0.15) is 13.2 Å². The van der Waals surface area contributed by atoms with Crippen molar-refractivity contribution in [3.05, 3.63) is 35.4 Å². The molecule has 2 N–H and O–H groups in total. The number of carbonyl (C=O) groups is 2. The van der Waals surface area contributed by atoms with Crippen molar-refractivity contribution in [2.45, 2.75) is 38.3 Å². The molecule has 0 atom stereocenters. The highest BCUT2D eigenvalue weighted by Gasteiger charge is 2.30. The highest BCUT2D eigenvalue weighted by atomic mass is 19.4. The number of rotatable bonds is 4. The number of carbonyl (C=O) groups excluding carboxylic acids is 2. The Morgan fingerprint density at radius 1 is 1.12 bits per heavy atom. The van der Waals surface area contributed by atoms with Crippen LogP contribution in [-0.4, -0.2) is 24.9 Å². The van der Waals surface area contributed by atoms with Crippen molar-refractivity contribution >= 4 is 11.8 Å². The first-order valence-electron chi connectivity index (χ1n) is 8.57. The van der Waals surface area contributed by atoms with Crippen LogP contribution in [0.15, 0.2) is 24.3 Å². The maximum atomic E-state index is 12.6. The lowest BCUT2D eigenvalue weighted by Gasteiger charge is -2.20. The average Bonchev–Trinajstić information content (AvgIpc) is 2.63. The zero-order valence-electron chi connectivity index (χ0n) is 14.3. The SMILES string of the molecule is O=C(CNC(=O)C1CCCCC1)NCC#Cc1cccc(C(F)(F)F)c1. The molecule has 1 aromatic carbocycles. The molecule has 140 valence electrons. The molecule has 2 rings (SSSR count). The van der Waals surface area contributed by atoms with E-state index in [2.05, 4.69) is 22.5 Å². The molecule has 1 aliphatic carbocycles. The van der Waals surface area contributed by atoms with Crippen LogP contribution >= 0.6 is 0 Å². The van der Waals surface area contributed by atoms with Gasteiger partial charge in [0.05, 0.1) is 18.7 Å². The van der Waals surface area contributed by atoms with Gasteiger partial charge in [0.1, 0.15) is 0 Å². The molecule has 0 aliphatic heterocycles. The molecule has 0 heterocycles. The molecule has 1 aliphatic rings. The maximum absolute atomic E-state index is 12.6. The first-order valence-corrected chi connectivity index (χ1v) is 8.57. The molecule has 26 heavy (non-hydrogen) atoms. The zero-order chi connectivity index (χ0) is 19.0. The fourth-order valence-corrected chi connectivity index (χ4v) is 2.80. The van der Waals surface area contributed by atoms with Gasteiger partial charge in [0.15, 0.2) is 0 Å². The minimum atomic E-state index is -4.41. The molecule has 0 radical (unpaired) electrons. The molecule has 0 spiro atoms. The molecule has 0 bridgehead atoms. The summed E-state index contributed by atoms with van der Waals surface area (Å²) in [4.78, 5) is 23.6. The van der Waals surface area contributed by atoms with E-state index in [9.17, 15) is 22.8 Å². The van der Waals surface area contributed by atoms with Gasteiger partial charge < -0.3 is 10.6 Å². The van der Waals surface area contributed by atoms with E-state index in [1.54, 1.807) is 0 Å². The number of benzene rings is 1. The Balaban J connectivity index is 1.73. The fraction of sp³-hybridized carbons (Fsp3) is 0.474. The minimum absolute atomic E-state index is 0.00558. The first kappa shape index (κ1) is 19.8. The van der Waals surface area contributed by atoms with E-state index in [0.717, 1.165) is 44.2 Å². The van der Waals surface area contributed by atoms with Crippen molar-refractivity contribution in [3.8, 4) is 11.8 Å². The number of halogens is 3. The first-order chi connectivity index (χ1) is 12.4. The third-order valence-electron chi connectivity index (χ3n) is 4.20. The molecule has 1 fully saturated rings. The van der Waals surface area contributed by atoms with Crippen LogP contribution in [0.25, 0.3) is 0 Å². The summed E-state index contributed by atoms with van der Waals surface area (Å²) in [6.07, 6.45) is 0.522. The molecule has 0 aromatic heterocycles. The third-order valence-corrected chi connectivity index (χ3v) is 4.20. The van der Waals surface area contributed by atoms with Gasteiger partial charge in [-0.3, -0.25) is 9.59 Å². The summed E-state index contributed by atoms with van der Waals surface area (Å²) < 4.78 is 37.8. The predicted molar refractivity (Wildman–Crippen MR) is 90.9 cm³/mol. The summed E-state index contributed by atoms with van der Waals surface area (Å²) in [5.41, 5.74) is -0.543. The Labute approximate surface area is 150 Å². The van der Waals surface area contributed by atoms with Crippen LogP contribution in [0.4, 0.5) is 13.2 Å². The summed E-state index contributed by atoms with van der Waals surface area (Å²) in [5, 5.41) is 5.12. The molecular weight excluding hydrogens is 345 g/mol. The van der Waals surface area contributed by atoms with Crippen LogP contribution in [0.1, 0.15) is 43.2 Å². The Morgan fingerprint density at radius 2 is 1.85 bits per heavy atom. The van der Waals surface area contributed by atoms with E-state index < -0.39 is 11.7 Å². The van der Waals surface area contributed by atoms with E-state index in [0.29, 0.717) is 0 Å². The van der Waals surface area contributed by atoms with Gasteiger partial charge in [-0.05, 0) is 31.0 Å². The van der Waals surface area contributed by atoms with Gasteiger partial charge >= 0.3 is 6.18 Å². The highest BCUT2D eigenvalue weighted by molar-refractivity contribution is 5.85. The smallest absolute Gasteiger partial charge is 0.347 e. The van der Waals surface area contributed by atoms with Crippen LogP contribution in [0.2, 0.25) is 0 Å². The molecule has 2 amide bonds. The Kier molecular flexibility index (Phi) is 7.07. The maximum Gasteiger partial charge on any atom is 0.416 e. The van der Waals surface area contributed by atoms with E-state index in [-0.39, 0.29) is 36.4 Å². The van der Waals surface area contributed by atoms with Gasteiger partial charge in [-0.25, -0.2) is 0 Å². The lowest BCUT2D eigenvalue weighted by atomic mass is 9.89. The van der Waals surface area contributed by atoms with E-state index >= 15 is 0 Å². The topological polar surface area (TPSA) is 58.2 Å². The summed E-state index contributed by atoms with van der Waals surface area (Å²) >= 11 is 0. The van der Waals surface area contributed by atoms with Crippen LogP contribution in [-0.2, 0) is 15.8 Å². The van der Waals surface area contributed by atoms with Crippen LogP contribution in [0, 0.1) is 17.8 Å². The van der Waals surface area contributed by atoms with Crippen molar-refractivity contribution in [1.82, 2.24) is 10.6 Å².